The maximum Gasteiger partial charge on any atom is 0.255 e. The number of aromatic nitrogens is 5. The van der Waals surface area contributed by atoms with E-state index in [1.54, 1.807) is 23.9 Å². The van der Waals surface area contributed by atoms with Gasteiger partial charge in [0.15, 0.2) is 0 Å². The molecule has 8 heteroatoms. The van der Waals surface area contributed by atoms with Gasteiger partial charge in [0.25, 0.3) is 5.56 Å². The van der Waals surface area contributed by atoms with Crippen molar-refractivity contribution < 1.29 is 0 Å². The topological polar surface area (TPSA) is 80.0 Å². The molecule has 5 heterocycles. The Labute approximate surface area is 156 Å². The van der Waals surface area contributed by atoms with Gasteiger partial charge >= 0.3 is 0 Å². The number of rotatable bonds is 3. The van der Waals surface area contributed by atoms with Crippen molar-refractivity contribution in [1.29, 1.82) is 0 Å². The molecule has 2 aliphatic heterocycles. The Morgan fingerprint density at radius 2 is 1.85 bits per heavy atom. The van der Waals surface area contributed by atoms with E-state index in [9.17, 15) is 4.79 Å². The highest BCUT2D eigenvalue weighted by molar-refractivity contribution is 5.57. The fourth-order valence-electron chi connectivity index (χ4n) is 4.07. The van der Waals surface area contributed by atoms with E-state index in [1.807, 2.05) is 18.3 Å². The van der Waals surface area contributed by atoms with E-state index in [0.717, 1.165) is 25.3 Å². The molecular formula is C19H19N7O. The molecule has 2 atom stereocenters. The van der Waals surface area contributed by atoms with Crippen LogP contribution in [0.5, 0.6) is 0 Å². The summed E-state index contributed by atoms with van der Waals surface area (Å²) in [5.74, 6) is 1.71. The minimum absolute atomic E-state index is 0.0852. The van der Waals surface area contributed by atoms with Gasteiger partial charge in [-0.15, -0.1) is 0 Å². The molecule has 3 aromatic rings. The second-order valence-electron chi connectivity index (χ2n) is 6.97. The Morgan fingerprint density at radius 3 is 2.56 bits per heavy atom. The molecule has 0 radical (unpaired) electrons. The van der Waals surface area contributed by atoms with Crippen molar-refractivity contribution in [2.24, 2.45) is 7.05 Å². The number of fused-ring (bicyclic) bond motifs is 2. The number of hydrogen-bond donors (Lipinski definition) is 0. The van der Waals surface area contributed by atoms with Gasteiger partial charge in [-0.1, -0.05) is 6.07 Å². The Balaban J connectivity index is 1.47. The third-order valence-corrected chi connectivity index (χ3v) is 5.40. The summed E-state index contributed by atoms with van der Waals surface area (Å²) in [6.45, 7) is 1.71. The van der Waals surface area contributed by atoms with Crippen molar-refractivity contribution in [1.82, 2.24) is 24.5 Å². The fourth-order valence-corrected chi connectivity index (χ4v) is 4.07. The average Bonchev–Trinajstić information content (AvgIpc) is 3.32. The lowest BCUT2D eigenvalue weighted by molar-refractivity contribution is 0.610. The zero-order valence-electron chi connectivity index (χ0n) is 14.9. The lowest BCUT2D eigenvalue weighted by Gasteiger charge is -2.36. The first-order chi connectivity index (χ1) is 13.2. The largest absolute Gasteiger partial charge is 0.350 e. The summed E-state index contributed by atoms with van der Waals surface area (Å²) in [5, 5.41) is 0. The number of pyridine rings is 1. The van der Waals surface area contributed by atoms with Gasteiger partial charge in [-0.2, -0.15) is 0 Å². The van der Waals surface area contributed by atoms with E-state index in [-0.39, 0.29) is 5.56 Å². The molecule has 2 bridgehead atoms. The molecule has 2 aliphatic rings. The lowest BCUT2D eigenvalue weighted by atomic mass is 10.2. The maximum absolute atomic E-state index is 12.5. The van der Waals surface area contributed by atoms with Gasteiger partial charge in [0.1, 0.15) is 12.1 Å². The molecular weight excluding hydrogens is 342 g/mol. The molecule has 5 rings (SSSR count). The van der Waals surface area contributed by atoms with Crippen LogP contribution in [0.3, 0.4) is 0 Å². The van der Waals surface area contributed by atoms with E-state index in [1.165, 1.54) is 12.4 Å². The maximum atomic E-state index is 12.5. The van der Waals surface area contributed by atoms with Crippen LogP contribution in [0.15, 0.2) is 53.8 Å². The van der Waals surface area contributed by atoms with Crippen LogP contribution in [-0.2, 0) is 7.05 Å². The van der Waals surface area contributed by atoms with E-state index < -0.39 is 0 Å². The molecule has 2 saturated heterocycles. The Hall–Kier alpha value is -3.29. The van der Waals surface area contributed by atoms with E-state index >= 15 is 0 Å². The normalized spacial score (nSPS) is 21.1. The summed E-state index contributed by atoms with van der Waals surface area (Å²) in [6.07, 6.45) is 6.00. The van der Waals surface area contributed by atoms with Crippen molar-refractivity contribution in [3.8, 4) is 11.4 Å². The van der Waals surface area contributed by atoms with Crippen molar-refractivity contribution in [3.63, 3.8) is 0 Å². The lowest BCUT2D eigenvalue weighted by Crippen LogP contribution is -2.48. The summed E-state index contributed by atoms with van der Waals surface area (Å²) in [4.78, 5) is 34.5. The minimum atomic E-state index is -0.0852. The highest BCUT2D eigenvalue weighted by Gasteiger charge is 2.45. The molecule has 8 nitrogen and oxygen atoms in total. The van der Waals surface area contributed by atoms with E-state index in [0.29, 0.717) is 29.4 Å². The van der Waals surface area contributed by atoms with Crippen LogP contribution < -0.4 is 15.4 Å². The smallest absolute Gasteiger partial charge is 0.255 e. The molecule has 2 unspecified atom stereocenters. The second kappa shape index (κ2) is 6.15. The second-order valence-corrected chi connectivity index (χ2v) is 6.97. The number of piperazine rings is 1. The zero-order valence-corrected chi connectivity index (χ0v) is 14.9. The summed E-state index contributed by atoms with van der Waals surface area (Å²) in [5.41, 5.74) is 1.15. The Kier molecular flexibility index (Phi) is 3.63. The molecule has 0 aliphatic carbocycles. The van der Waals surface area contributed by atoms with E-state index in [2.05, 4.69) is 30.8 Å². The van der Waals surface area contributed by atoms with Crippen LogP contribution in [0.1, 0.15) is 6.42 Å². The molecule has 0 spiro atoms. The third kappa shape index (κ3) is 2.64. The third-order valence-electron chi connectivity index (χ3n) is 5.40. The number of nitrogens with zero attached hydrogens (tertiary/aromatic N) is 7. The van der Waals surface area contributed by atoms with Crippen molar-refractivity contribution in [2.45, 2.75) is 18.5 Å². The molecule has 0 N–H and O–H groups in total. The fraction of sp³-hybridized carbons (Fsp3) is 0.316. The Morgan fingerprint density at radius 1 is 1.00 bits per heavy atom. The first-order valence-electron chi connectivity index (χ1n) is 8.99. The van der Waals surface area contributed by atoms with Gasteiger partial charge < -0.3 is 9.80 Å². The quantitative estimate of drug-likeness (QED) is 0.691. The zero-order chi connectivity index (χ0) is 18.4. The van der Waals surface area contributed by atoms with Gasteiger partial charge in [-0.05, 0) is 24.6 Å². The molecule has 3 aromatic heterocycles. The highest BCUT2D eigenvalue weighted by atomic mass is 16.1. The minimum Gasteiger partial charge on any atom is -0.350 e. The highest BCUT2D eigenvalue weighted by Crippen LogP contribution is 2.35. The van der Waals surface area contributed by atoms with Crippen LogP contribution in [-0.4, -0.2) is 49.7 Å². The molecule has 27 heavy (non-hydrogen) atoms. The first kappa shape index (κ1) is 15.9. The van der Waals surface area contributed by atoms with Crippen LogP contribution in [0.25, 0.3) is 11.4 Å². The van der Waals surface area contributed by atoms with Crippen LogP contribution >= 0.6 is 0 Å². The summed E-state index contributed by atoms with van der Waals surface area (Å²) < 4.78 is 1.62. The SMILES string of the molecule is Cn1c(N2CC3CC2CN3c2ccccn2)nc(-c2ccncn2)cc1=O. The average molecular weight is 361 g/mol. The van der Waals surface area contributed by atoms with Gasteiger partial charge in [0, 0.05) is 38.6 Å². The first-order valence-corrected chi connectivity index (χ1v) is 8.99. The van der Waals surface area contributed by atoms with Crippen LogP contribution in [0.2, 0.25) is 0 Å². The van der Waals surface area contributed by atoms with Crippen molar-refractivity contribution >= 4 is 11.8 Å². The van der Waals surface area contributed by atoms with E-state index in [4.69, 9.17) is 4.98 Å². The molecule has 0 amide bonds. The van der Waals surface area contributed by atoms with Gasteiger partial charge in [-0.25, -0.2) is 19.9 Å². The molecule has 2 fully saturated rings. The van der Waals surface area contributed by atoms with Gasteiger partial charge in [0.05, 0.1) is 23.5 Å². The van der Waals surface area contributed by atoms with Crippen LogP contribution in [0.4, 0.5) is 11.8 Å². The van der Waals surface area contributed by atoms with Gasteiger partial charge in [-0.3, -0.25) is 9.36 Å². The number of hydrogen-bond acceptors (Lipinski definition) is 7. The summed E-state index contributed by atoms with van der Waals surface area (Å²) in [6, 6.07) is 9.99. The predicted octanol–water partition coefficient (Wildman–Crippen LogP) is 1.10. The summed E-state index contributed by atoms with van der Waals surface area (Å²) >= 11 is 0. The molecule has 0 aromatic carbocycles. The van der Waals surface area contributed by atoms with Crippen molar-refractivity contribution in [3.05, 3.63) is 59.4 Å². The number of anilines is 2. The molecule has 0 saturated carbocycles. The molecule has 136 valence electrons. The summed E-state index contributed by atoms with van der Waals surface area (Å²) in [7, 11) is 1.77. The van der Waals surface area contributed by atoms with Gasteiger partial charge in [0.2, 0.25) is 5.95 Å². The monoisotopic (exact) mass is 361 g/mol. The Bertz CT molecular complexity index is 1020. The standard InChI is InChI=1S/C19H19N7O/c1-24-18(27)9-16(15-5-7-20-12-22-15)23-19(24)26-11-13-8-14(26)10-25(13)17-4-2-3-6-21-17/h2-7,9,12-14H,8,10-11H2,1H3. The van der Waals surface area contributed by atoms with Crippen molar-refractivity contribution in [2.75, 3.05) is 22.9 Å². The predicted molar refractivity (Wildman–Crippen MR) is 102 cm³/mol. The van der Waals surface area contributed by atoms with Crippen LogP contribution in [0, 0.1) is 0 Å².